The topological polar surface area (TPSA) is 87.2 Å². The summed E-state index contributed by atoms with van der Waals surface area (Å²) in [4.78, 5) is -0.106. The summed E-state index contributed by atoms with van der Waals surface area (Å²) >= 11 is 0. The summed E-state index contributed by atoms with van der Waals surface area (Å²) in [5.74, 6) is -0.739. The molecule has 0 radical (unpaired) electrons. The minimum Gasteiger partial charge on any atom is -0.330 e. The second kappa shape index (κ2) is 5.87. The molecular formula is C13H18FN3O2S. The highest BCUT2D eigenvalue weighted by Crippen LogP contribution is 2.22. The van der Waals surface area contributed by atoms with E-state index in [9.17, 15) is 12.8 Å². The number of halogens is 1. The molecule has 0 fully saturated rings. The molecule has 5 nitrogen and oxygen atoms in total. The lowest BCUT2D eigenvalue weighted by Crippen LogP contribution is -2.39. The van der Waals surface area contributed by atoms with E-state index in [0.29, 0.717) is 6.54 Å². The van der Waals surface area contributed by atoms with Crippen LogP contribution in [0.25, 0.3) is 0 Å². The van der Waals surface area contributed by atoms with Gasteiger partial charge in [0.25, 0.3) is 0 Å². The molecule has 0 unspecified atom stereocenters. The Bertz CT molecular complexity index is 636. The normalized spacial score (nSPS) is 12.4. The molecule has 7 heteroatoms. The van der Waals surface area contributed by atoms with Gasteiger partial charge < -0.3 is 5.73 Å². The van der Waals surface area contributed by atoms with Crippen LogP contribution in [0.5, 0.6) is 0 Å². The molecule has 0 spiro atoms. The third-order valence-electron chi connectivity index (χ3n) is 2.97. The summed E-state index contributed by atoms with van der Waals surface area (Å²) in [6, 6.07) is 4.80. The fraction of sp³-hybridized carbons (Fsp3) is 0.462. The van der Waals surface area contributed by atoms with Crippen LogP contribution in [0.1, 0.15) is 19.4 Å². The number of hydrogen-bond acceptors (Lipinski definition) is 4. The lowest BCUT2D eigenvalue weighted by Gasteiger charge is -2.28. The Morgan fingerprint density at radius 2 is 2.05 bits per heavy atom. The highest BCUT2D eigenvalue weighted by atomic mass is 32.2. The second-order valence-electron chi connectivity index (χ2n) is 5.38. The van der Waals surface area contributed by atoms with Crippen LogP contribution in [0.2, 0.25) is 0 Å². The molecule has 20 heavy (non-hydrogen) atoms. The van der Waals surface area contributed by atoms with Crippen LogP contribution in [0.3, 0.4) is 0 Å². The smallest absolute Gasteiger partial charge is 0.242 e. The summed E-state index contributed by atoms with van der Waals surface area (Å²) in [5, 5.41) is 8.76. The van der Waals surface area contributed by atoms with Crippen molar-refractivity contribution in [3.63, 3.8) is 0 Å². The van der Waals surface area contributed by atoms with Gasteiger partial charge in [0.1, 0.15) is 11.9 Å². The predicted molar refractivity (Wildman–Crippen MR) is 73.8 cm³/mol. The first-order valence-electron chi connectivity index (χ1n) is 6.00. The van der Waals surface area contributed by atoms with Crippen molar-refractivity contribution in [1.29, 1.82) is 5.26 Å². The van der Waals surface area contributed by atoms with Gasteiger partial charge >= 0.3 is 0 Å². The fourth-order valence-corrected chi connectivity index (χ4v) is 3.07. The van der Waals surface area contributed by atoms with Gasteiger partial charge in [-0.25, -0.2) is 17.1 Å². The van der Waals surface area contributed by atoms with E-state index in [0.717, 1.165) is 22.5 Å². The van der Waals surface area contributed by atoms with E-state index in [4.69, 9.17) is 11.0 Å². The number of benzene rings is 1. The van der Waals surface area contributed by atoms with Crippen molar-refractivity contribution in [2.45, 2.75) is 18.7 Å². The van der Waals surface area contributed by atoms with Crippen molar-refractivity contribution in [1.82, 2.24) is 4.31 Å². The molecule has 0 aliphatic rings. The van der Waals surface area contributed by atoms with E-state index in [1.54, 1.807) is 6.07 Å². The third-order valence-corrected chi connectivity index (χ3v) is 4.77. The van der Waals surface area contributed by atoms with Gasteiger partial charge in [0, 0.05) is 13.6 Å². The molecule has 0 aromatic heterocycles. The number of nitrogens with zero attached hydrogens (tertiary/aromatic N) is 2. The molecule has 0 bridgehead atoms. The van der Waals surface area contributed by atoms with Crippen LogP contribution in [0.15, 0.2) is 23.1 Å². The highest BCUT2D eigenvalue weighted by molar-refractivity contribution is 7.89. The van der Waals surface area contributed by atoms with Crippen molar-refractivity contribution in [3.8, 4) is 6.07 Å². The molecule has 0 heterocycles. The lowest BCUT2D eigenvalue weighted by atomic mass is 9.94. The standard InChI is InChI=1S/C13H18FN3O2S/c1-13(2,8-16)9-17(3)20(18,19)11-4-5-12(14)10(6-11)7-15/h4-6H,8-9,16H2,1-3H3. The zero-order valence-corrected chi connectivity index (χ0v) is 12.5. The maximum Gasteiger partial charge on any atom is 0.242 e. The maximum atomic E-state index is 13.2. The van der Waals surface area contributed by atoms with Gasteiger partial charge in [-0.05, 0) is 30.2 Å². The van der Waals surface area contributed by atoms with Gasteiger partial charge in [-0.1, -0.05) is 13.8 Å². The average Bonchev–Trinajstić information content (AvgIpc) is 2.38. The molecule has 0 saturated carbocycles. The van der Waals surface area contributed by atoms with E-state index in [1.807, 2.05) is 13.8 Å². The van der Waals surface area contributed by atoms with Crippen LogP contribution in [0, 0.1) is 22.6 Å². The highest BCUT2D eigenvalue weighted by Gasteiger charge is 2.27. The van der Waals surface area contributed by atoms with Gasteiger partial charge in [0.15, 0.2) is 0 Å². The van der Waals surface area contributed by atoms with Crippen molar-refractivity contribution in [2.24, 2.45) is 11.1 Å². The minimum atomic E-state index is -3.77. The van der Waals surface area contributed by atoms with Gasteiger partial charge in [-0.2, -0.15) is 5.26 Å². The predicted octanol–water partition coefficient (Wildman–Crippen LogP) is 1.30. The quantitative estimate of drug-likeness (QED) is 0.888. The number of sulfonamides is 1. The van der Waals surface area contributed by atoms with Gasteiger partial charge in [-0.15, -0.1) is 0 Å². The van der Waals surface area contributed by atoms with Crippen LogP contribution in [-0.4, -0.2) is 32.9 Å². The average molecular weight is 299 g/mol. The van der Waals surface area contributed by atoms with Crippen molar-refractivity contribution < 1.29 is 12.8 Å². The van der Waals surface area contributed by atoms with Gasteiger partial charge in [0.2, 0.25) is 10.0 Å². The van der Waals surface area contributed by atoms with E-state index < -0.39 is 15.8 Å². The number of rotatable bonds is 5. The third kappa shape index (κ3) is 3.54. The Morgan fingerprint density at radius 3 is 2.55 bits per heavy atom. The van der Waals surface area contributed by atoms with Crippen molar-refractivity contribution in [3.05, 3.63) is 29.6 Å². The van der Waals surface area contributed by atoms with Crippen molar-refractivity contribution >= 4 is 10.0 Å². The Morgan fingerprint density at radius 1 is 1.45 bits per heavy atom. The van der Waals surface area contributed by atoms with Crippen LogP contribution < -0.4 is 5.73 Å². The van der Waals surface area contributed by atoms with Gasteiger partial charge in [0.05, 0.1) is 10.5 Å². The summed E-state index contributed by atoms with van der Waals surface area (Å²) in [6.07, 6.45) is 0. The number of nitrogens with two attached hydrogens (primary N) is 1. The lowest BCUT2D eigenvalue weighted by molar-refractivity contribution is 0.292. The molecular weight excluding hydrogens is 281 g/mol. The summed E-state index contributed by atoms with van der Waals surface area (Å²) in [7, 11) is -2.34. The van der Waals surface area contributed by atoms with Crippen LogP contribution in [0.4, 0.5) is 4.39 Å². The van der Waals surface area contributed by atoms with Crippen LogP contribution in [-0.2, 0) is 10.0 Å². The molecule has 0 aliphatic carbocycles. The zero-order valence-electron chi connectivity index (χ0n) is 11.7. The number of nitriles is 1. The molecule has 0 saturated heterocycles. The SMILES string of the molecule is CN(CC(C)(C)CN)S(=O)(=O)c1ccc(F)c(C#N)c1. The first-order valence-corrected chi connectivity index (χ1v) is 7.44. The van der Waals surface area contributed by atoms with E-state index in [2.05, 4.69) is 0 Å². The van der Waals surface area contributed by atoms with Crippen molar-refractivity contribution in [2.75, 3.05) is 20.1 Å². The summed E-state index contributed by atoms with van der Waals surface area (Å²) < 4.78 is 39.1. The largest absolute Gasteiger partial charge is 0.330 e. The first-order chi connectivity index (χ1) is 9.14. The molecule has 2 N–H and O–H groups in total. The van der Waals surface area contributed by atoms with E-state index >= 15 is 0 Å². The maximum absolute atomic E-state index is 13.2. The molecule has 0 atom stereocenters. The molecule has 110 valence electrons. The van der Waals surface area contributed by atoms with Crippen LogP contribution >= 0.6 is 0 Å². The summed E-state index contributed by atoms with van der Waals surface area (Å²) in [6.45, 7) is 4.26. The summed E-state index contributed by atoms with van der Waals surface area (Å²) in [5.41, 5.74) is 4.92. The Hall–Kier alpha value is -1.49. The minimum absolute atomic E-state index is 0.106. The van der Waals surface area contributed by atoms with E-state index in [-0.39, 0.29) is 22.4 Å². The van der Waals surface area contributed by atoms with E-state index in [1.165, 1.54) is 7.05 Å². The zero-order chi connectivity index (χ0) is 15.6. The second-order valence-corrected chi connectivity index (χ2v) is 7.43. The molecule has 0 amide bonds. The number of hydrogen-bond donors (Lipinski definition) is 1. The fourth-order valence-electron chi connectivity index (χ4n) is 1.68. The molecule has 1 aromatic rings. The molecule has 1 rings (SSSR count). The Labute approximate surface area is 118 Å². The molecule has 1 aromatic carbocycles. The monoisotopic (exact) mass is 299 g/mol. The Kier molecular flexibility index (Phi) is 4.86. The Balaban J connectivity index is 3.15. The molecule has 0 aliphatic heterocycles. The first kappa shape index (κ1) is 16.6. The van der Waals surface area contributed by atoms with Gasteiger partial charge in [-0.3, -0.25) is 0 Å².